The van der Waals surface area contributed by atoms with E-state index >= 15 is 0 Å². The summed E-state index contributed by atoms with van der Waals surface area (Å²) in [5.74, 6) is -2.30. The zero-order valence-electron chi connectivity index (χ0n) is 22.9. The number of halogens is 1. The van der Waals surface area contributed by atoms with Gasteiger partial charge in [0.1, 0.15) is 11.5 Å². The number of rotatable bonds is 5. The zero-order valence-corrected chi connectivity index (χ0v) is 23.6. The van der Waals surface area contributed by atoms with Crippen LogP contribution in [0.3, 0.4) is 0 Å². The lowest BCUT2D eigenvalue weighted by molar-refractivity contribution is -0.384. The minimum Gasteiger partial charge on any atom is -0.352 e. The van der Waals surface area contributed by atoms with Crippen molar-refractivity contribution in [3.8, 4) is 0 Å². The molecular weight excluding hydrogens is 566 g/mol. The number of nitrogens with zero attached hydrogens (tertiary/aromatic N) is 2. The standard InChI is InChI=1S/C34H24ClN3O5/c1-19-18-28-34(25-7-3-4-8-26(25)36-33(34)41)29(31(39)20-10-14-22(35)15-11-20)30(37(28)27-9-5-2-6-24(19)27)32(40)21-12-16-23(17-13-21)38(42)43/h2-18,28-30H,1H3,(H,36,41)/t28-,29+,30+,34-/m0/s1. The van der Waals surface area contributed by atoms with Crippen LogP contribution in [0.15, 0.2) is 103 Å². The highest BCUT2D eigenvalue weighted by molar-refractivity contribution is 6.30. The van der Waals surface area contributed by atoms with Gasteiger partial charge in [0.2, 0.25) is 5.91 Å². The Hall–Kier alpha value is -5.08. The summed E-state index contributed by atoms with van der Waals surface area (Å²) in [5, 5.41) is 14.8. The molecule has 43 heavy (non-hydrogen) atoms. The van der Waals surface area contributed by atoms with Crippen LogP contribution in [0.25, 0.3) is 5.57 Å². The fraction of sp³-hybridized carbons (Fsp3) is 0.147. The van der Waals surface area contributed by atoms with Gasteiger partial charge in [0.05, 0.1) is 16.9 Å². The highest BCUT2D eigenvalue weighted by Crippen LogP contribution is 2.58. The molecule has 7 rings (SSSR count). The highest BCUT2D eigenvalue weighted by Gasteiger charge is 2.70. The molecule has 4 aromatic rings. The van der Waals surface area contributed by atoms with Gasteiger partial charge in [-0.1, -0.05) is 54.1 Å². The molecule has 0 unspecified atom stereocenters. The van der Waals surface area contributed by atoms with E-state index < -0.39 is 34.1 Å². The van der Waals surface area contributed by atoms with Crippen molar-refractivity contribution in [3.05, 3.63) is 141 Å². The first kappa shape index (κ1) is 26.8. The fourth-order valence-electron chi connectivity index (χ4n) is 7.10. The Kier molecular flexibility index (Phi) is 6.07. The molecule has 3 heterocycles. The van der Waals surface area contributed by atoms with Gasteiger partial charge in [-0.25, -0.2) is 0 Å². The third kappa shape index (κ3) is 3.79. The summed E-state index contributed by atoms with van der Waals surface area (Å²) in [7, 11) is 0. The van der Waals surface area contributed by atoms with E-state index in [0.717, 1.165) is 16.8 Å². The molecule has 0 bridgehead atoms. The van der Waals surface area contributed by atoms with E-state index in [2.05, 4.69) is 5.32 Å². The van der Waals surface area contributed by atoms with Gasteiger partial charge in [0, 0.05) is 45.2 Å². The molecule has 212 valence electrons. The Morgan fingerprint density at radius 1 is 0.884 bits per heavy atom. The van der Waals surface area contributed by atoms with E-state index in [-0.39, 0.29) is 22.9 Å². The van der Waals surface area contributed by atoms with Crippen molar-refractivity contribution < 1.29 is 19.3 Å². The van der Waals surface area contributed by atoms with Crippen molar-refractivity contribution in [2.24, 2.45) is 5.92 Å². The van der Waals surface area contributed by atoms with Gasteiger partial charge in [-0.3, -0.25) is 24.5 Å². The predicted molar refractivity (Wildman–Crippen MR) is 164 cm³/mol. The van der Waals surface area contributed by atoms with Crippen LogP contribution >= 0.6 is 11.6 Å². The SMILES string of the molecule is CC1=C[C@@H]2N(c3ccccc31)[C@@H](C(=O)c1ccc([N+](=O)[O-])cc1)[C@H](C(=O)c1ccc(Cl)cc1)[C@@]21C(=O)Nc2ccccc21. The number of non-ortho nitro benzene ring substituents is 1. The average Bonchev–Trinajstić information content (AvgIpc) is 3.49. The molecule has 0 radical (unpaired) electrons. The second kappa shape index (κ2) is 9.74. The van der Waals surface area contributed by atoms with Crippen molar-refractivity contribution >= 4 is 51.7 Å². The Balaban J connectivity index is 1.53. The second-order valence-corrected chi connectivity index (χ2v) is 11.5. The van der Waals surface area contributed by atoms with Gasteiger partial charge in [0.15, 0.2) is 11.6 Å². The number of carbonyl (C=O) groups excluding carboxylic acids is 3. The normalized spacial score (nSPS) is 23.2. The van der Waals surface area contributed by atoms with Gasteiger partial charge in [0.25, 0.3) is 5.69 Å². The smallest absolute Gasteiger partial charge is 0.269 e. The number of hydrogen-bond donors (Lipinski definition) is 1. The number of para-hydroxylation sites is 2. The maximum atomic E-state index is 14.8. The number of carbonyl (C=O) groups is 3. The molecule has 0 aromatic heterocycles. The molecule has 4 aromatic carbocycles. The predicted octanol–water partition coefficient (Wildman–Crippen LogP) is 6.49. The van der Waals surface area contributed by atoms with Crippen LogP contribution in [0.1, 0.15) is 38.8 Å². The summed E-state index contributed by atoms with van der Waals surface area (Å²) in [6, 6.07) is 24.9. The van der Waals surface area contributed by atoms with E-state index in [1.165, 1.54) is 24.3 Å². The molecule has 0 aliphatic carbocycles. The Bertz CT molecular complexity index is 1880. The van der Waals surface area contributed by atoms with Gasteiger partial charge < -0.3 is 10.2 Å². The maximum Gasteiger partial charge on any atom is 0.269 e. The molecule has 4 atom stereocenters. The lowest BCUT2D eigenvalue weighted by Crippen LogP contribution is -2.51. The lowest BCUT2D eigenvalue weighted by Gasteiger charge is -2.39. The van der Waals surface area contributed by atoms with Gasteiger partial charge in [-0.2, -0.15) is 0 Å². The topological polar surface area (TPSA) is 110 Å². The third-order valence-corrected chi connectivity index (χ3v) is 9.18. The summed E-state index contributed by atoms with van der Waals surface area (Å²) in [5.41, 5.74) is 2.70. The highest BCUT2D eigenvalue weighted by atomic mass is 35.5. The van der Waals surface area contributed by atoms with Crippen molar-refractivity contribution in [2.45, 2.75) is 24.4 Å². The van der Waals surface area contributed by atoms with Crippen LogP contribution in [0.2, 0.25) is 5.02 Å². The van der Waals surface area contributed by atoms with E-state index in [0.29, 0.717) is 21.8 Å². The van der Waals surface area contributed by atoms with Crippen LogP contribution in [0.5, 0.6) is 0 Å². The number of fused-ring (bicyclic) bond motifs is 6. The monoisotopic (exact) mass is 589 g/mol. The number of hydrogen-bond acceptors (Lipinski definition) is 6. The summed E-state index contributed by atoms with van der Waals surface area (Å²) in [4.78, 5) is 56.6. The van der Waals surface area contributed by atoms with Crippen LogP contribution in [0.4, 0.5) is 17.1 Å². The van der Waals surface area contributed by atoms with Crippen molar-refractivity contribution in [3.63, 3.8) is 0 Å². The molecule has 0 saturated carbocycles. The minimum absolute atomic E-state index is 0.155. The van der Waals surface area contributed by atoms with E-state index in [1.54, 1.807) is 30.3 Å². The van der Waals surface area contributed by atoms with Gasteiger partial charge >= 0.3 is 0 Å². The number of anilines is 2. The molecule has 9 heteroatoms. The summed E-state index contributed by atoms with van der Waals surface area (Å²) < 4.78 is 0. The maximum absolute atomic E-state index is 14.8. The number of ketones is 2. The van der Waals surface area contributed by atoms with E-state index in [4.69, 9.17) is 11.6 Å². The number of amides is 1. The first-order valence-electron chi connectivity index (χ1n) is 13.8. The molecule has 1 fully saturated rings. The first-order chi connectivity index (χ1) is 20.7. The lowest BCUT2D eigenvalue weighted by atomic mass is 9.64. The molecule has 8 nitrogen and oxygen atoms in total. The zero-order chi connectivity index (χ0) is 30.0. The molecule has 1 spiro atoms. The second-order valence-electron chi connectivity index (χ2n) is 11.0. The van der Waals surface area contributed by atoms with Crippen LogP contribution in [-0.4, -0.2) is 34.5 Å². The molecule has 1 amide bonds. The molecule has 1 N–H and O–H groups in total. The van der Waals surface area contributed by atoms with E-state index in [9.17, 15) is 24.5 Å². The quantitative estimate of drug-likeness (QED) is 0.162. The average molecular weight is 590 g/mol. The van der Waals surface area contributed by atoms with Crippen molar-refractivity contribution in [1.82, 2.24) is 0 Å². The largest absolute Gasteiger partial charge is 0.352 e. The first-order valence-corrected chi connectivity index (χ1v) is 14.2. The minimum atomic E-state index is -1.46. The third-order valence-electron chi connectivity index (χ3n) is 8.93. The Labute approximate surface area is 251 Å². The Morgan fingerprint density at radius 2 is 1.51 bits per heavy atom. The number of Topliss-reactive ketones (excluding diaryl/α,β-unsaturated/α-hetero) is 2. The molecule has 3 aliphatic rings. The van der Waals surface area contributed by atoms with Crippen LogP contribution in [0, 0.1) is 16.0 Å². The summed E-state index contributed by atoms with van der Waals surface area (Å²) in [6.45, 7) is 1.96. The van der Waals surface area contributed by atoms with Gasteiger partial charge in [-0.15, -0.1) is 0 Å². The summed E-state index contributed by atoms with van der Waals surface area (Å²) in [6.07, 6.45) is 1.98. The number of allylic oxidation sites excluding steroid dienone is 1. The number of nitro groups is 1. The molecule has 1 saturated heterocycles. The van der Waals surface area contributed by atoms with Crippen molar-refractivity contribution in [2.75, 3.05) is 10.2 Å². The van der Waals surface area contributed by atoms with Gasteiger partial charge in [-0.05, 0) is 66.6 Å². The number of nitro benzene ring substituents is 1. The molecule has 3 aliphatic heterocycles. The summed E-state index contributed by atoms with van der Waals surface area (Å²) >= 11 is 6.16. The van der Waals surface area contributed by atoms with Crippen LogP contribution < -0.4 is 10.2 Å². The van der Waals surface area contributed by atoms with Crippen molar-refractivity contribution in [1.29, 1.82) is 0 Å². The van der Waals surface area contributed by atoms with E-state index in [1.807, 2.05) is 60.4 Å². The number of benzene rings is 4. The molecular formula is C34H24ClN3O5. The fourth-order valence-corrected chi connectivity index (χ4v) is 7.23. The Morgan fingerprint density at radius 3 is 2.23 bits per heavy atom. The number of nitrogens with one attached hydrogen (secondary N) is 1. The van der Waals surface area contributed by atoms with Crippen LogP contribution in [-0.2, 0) is 10.2 Å².